The van der Waals surface area contributed by atoms with Gasteiger partial charge in [-0.15, -0.1) is 0 Å². The van der Waals surface area contributed by atoms with E-state index in [9.17, 15) is 14.0 Å². The first kappa shape index (κ1) is 20.3. The van der Waals surface area contributed by atoms with Gasteiger partial charge in [-0.1, -0.05) is 0 Å². The number of phosphoric acid groups is 1. The molecule has 1 rings (SSSR count). The molecule has 0 bridgehead atoms. The van der Waals surface area contributed by atoms with Crippen molar-refractivity contribution >= 4 is 23.3 Å². The van der Waals surface area contributed by atoms with Crippen molar-refractivity contribution < 1.29 is 37.6 Å². The highest BCUT2D eigenvalue weighted by molar-refractivity contribution is 7.51. The summed E-state index contributed by atoms with van der Waals surface area (Å²) in [6.45, 7) is 3.23. The second-order valence-electron chi connectivity index (χ2n) is 6.04. The molecule has 0 heterocycles. The maximum Gasteiger partial charge on any atom is 0.472 e. The Kier molecular flexibility index (Phi) is 7.31. The highest BCUT2D eigenvalue weighted by Gasteiger charge is 2.46. The van der Waals surface area contributed by atoms with Gasteiger partial charge in [0.05, 0.1) is 24.5 Å². The largest absolute Gasteiger partial charge is 0.472 e. The van der Waals surface area contributed by atoms with Gasteiger partial charge in [-0.2, -0.15) is 0 Å². The van der Waals surface area contributed by atoms with Crippen LogP contribution in [-0.2, 0) is 22.9 Å². The van der Waals surface area contributed by atoms with E-state index < -0.39 is 33.7 Å². The van der Waals surface area contributed by atoms with E-state index in [-0.39, 0.29) is 24.3 Å². The van der Waals surface area contributed by atoms with Gasteiger partial charge in [-0.05, 0) is 38.4 Å². The molecule has 0 aliphatic heterocycles. The standard InChI is InChI=1S/C11H25BO8P2/c1-7(2)19-22(16,17)20-10-8(4-5-21(13,14)15)6-9(12)11(10)18-3/h7-11H,4-6,12H2,1-3H3,(H,16,17)(H2,13,14,15)/t8-,9-,10+,11-/m0/s1. The van der Waals surface area contributed by atoms with Gasteiger partial charge in [0.2, 0.25) is 0 Å². The fourth-order valence-corrected chi connectivity index (χ4v) is 4.76. The van der Waals surface area contributed by atoms with Gasteiger partial charge in [-0.25, -0.2) is 4.57 Å². The molecule has 0 radical (unpaired) electrons. The second kappa shape index (κ2) is 7.91. The van der Waals surface area contributed by atoms with Gasteiger partial charge in [0.1, 0.15) is 7.85 Å². The summed E-state index contributed by atoms with van der Waals surface area (Å²) in [5.41, 5.74) is 0. The van der Waals surface area contributed by atoms with Crippen LogP contribution in [0.15, 0.2) is 0 Å². The monoisotopic (exact) mass is 358 g/mol. The third kappa shape index (κ3) is 6.42. The fourth-order valence-electron chi connectivity index (χ4n) is 2.91. The number of hydrogen-bond donors (Lipinski definition) is 3. The van der Waals surface area contributed by atoms with Gasteiger partial charge in [-0.3, -0.25) is 13.6 Å². The smallest absolute Gasteiger partial charge is 0.379 e. The first-order chi connectivity index (χ1) is 9.95. The maximum absolute atomic E-state index is 12.0. The van der Waals surface area contributed by atoms with Crippen LogP contribution in [0.2, 0.25) is 5.82 Å². The van der Waals surface area contributed by atoms with Crippen LogP contribution in [0.1, 0.15) is 26.7 Å². The van der Waals surface area contributed by atoms with Gasteiger partial charge in [0.25, 0.3) is 0 Å². The molecule has 8 nitrogen and oxygen atoms in total. The summed E-state index contributed by atoms with van der Waals surface area (Å²) in [5.74, 6) is -0.223. The molecule has 0 saturated heterocycles. The predicted molar refractivity (Wildman–Crippen MR) is 83.6 cm³/mol. The highest BCUT2D eigenvalue weighted by Crippen LogP contribution is 2.52. The number of phosphoric ester groups is 1. The van der Waals surface area contributed by atoms with Crippen molar-refractivity contribution in [1.29, 1.82) is 0 Å². The summed E-state index contributed by atoms with van der Waals surface area (Å²) in [4.78, 5) is 27.8. The topological polar surface area (TPSA) is 123 Å². The SMILES string of the molecule is B[C@H]1C[C@H](CCP(=O)(O)O)[C@@H](OP(=O)(O)OC(C)C)[C@H]1OC. The quantitative estimate of drug-likeness (QED) is 0.433. The van der Waals surface area contributed by atoms with Crippen LogP contribution in [0.25, 0.3) is 0 Å². The summed E-state index contributed by atoms with van der Waals surface area (Å²) >= 11 is 0. The molecule has 1 saturated carbocycles. The lowest BCUT2D eigenvalue weighted by molar-refractivity contribution is -0.0169. The molecule has 1 aliphatic carbocycles. The van der Waals surface area contributed by atoms with E-state index in [1.807, 2.05) is 7.85 Å². The Morgan fingerprint density at radius 2 is 1.82 bits per heavy atom. The van der Waals surface area contributed by atoms with Crippen molar-refractivity contribution in [2.24, 2.45) is 5.92 Å². The molecular weight excluding hydrogens is 333 g/mol. The lowest BCUT2D eigenvalue weighted by Crippen LogP contribution is -2.32. The van der Waals surface area contributed by atoms with Crippen LogP contribution >= 0.6 is 15.4 Å². The minimum atomic E-state index is -4.25. The number of methoxy groups -OCH3 is 1. The first-order valence-electron chi connectivity index (χ1n) is 7.22. The van der Waals surface area contributed by atoms with Gasteiger partial charge in [0, 0.05) is 7.11 Å². The zero-order chi connectivity index (χ0) is 17.1. The Morgan fingerprint density at radius 3 is 2.27 bits per heavy atom. The average molecular weight is 358 g/mol. The van der Waals surface area contributed by atoms with Crippen LogP contribution in [0, 0.1) is 5.92 Å². The molecule has 0 amide bonds. The van der Waals surface area contributed by atoms with E-state index in [0.29, 0.717) is 6.42 Å². The Morgan fingerprint density at radius 1 is 1.23 bits per heavy atom. The Bertz CT molecular complexity index is 453. The maximum atomic E-state index is 12.0. The number of rotatable bonds is 8. The van der Waals surface area contributed by atoms with E-state index in [4.69, 9.17) is 23.6 Å². The van der Waals surface area contributed by atoms with Gasteiger partial charge in [0.15, 0.2) is 0 Å². The molecule has 1 aliphatic rings. The minimum absolute atomic E-state index is 0.0517. The van der Waals surface area contributed by atoms with Crippen LogP contribution < -0.4 is 0 Å². The van der Waals surface area contributed by atoms with Crippen LogP contribution in [-0.4, -0.2) is 54.1 Å². The second-order valence-corrected chi connectivity index (χ2v) is 9.18. The number of hydrogen-bond acceptors (Lipinski definition) is 5. The summed E-state index contributed by atoms with van der Waals surface area (Å²) in [7, 11) is -4.99. The molecule has 5 atom stereocenters. The molecule has 1 unspecified atom stereocenters. The molecule has 0 aromatic rings. The van der Waals surface area contributed by atoms with E-state index in [2.05, 4.69) is 0 Å². The lowest BCUT2D eigenvalue weighted by Gasteiger charge is -2.27. The third-order valence-corrected chi connectivity index (χ3v) is 5.72. The zero-order valence-corrected chi connectivity index (χ0v) is 15.1. The lowest BCUT2D eigenvalue weighted by atomic mass is 9.83. The van der Waals surface area contributed by atoms with E-state index >= 15 is 0 Å². The van der Waals surface area contributed by atoms with Crippen LogP contribution in [0.4, 0.5) is 0 Å². The van der Waals surface area contributed by atoms with Crippen LogP contribution in [0.5, 0.6) is 0 Å². The first-order valence-corrected chi connectivity index (χ1v) is 10.5. The molecule has 0 aromatic carbocycles. The fraction of sp³-hybridized carbons (Fsp3) is 1.00. The normalized spacial score (nSPS) is 32.3. The van der Waals surface area contributed by atoms with Gasteiger partial charge >= 0.3 is 15.4 Å². The van der Waals surface area contributed by atoms with Crippen molar-refractivity contribution in [3.63, 3.8) is 0 Å². The summed E-state index contributed by atoms with van der Waals surface area (Å²) < 4.78 is 38.6. The Balaban J connectivity index is 2.83. The Hall–Kier alpha value is 0.285. The molecular formula is C11H25BO8P2. The highest BCUT2D eigenvalue weighted by atomic mass is 31.2. The van der Waals surface area contributed by atoms with E-state index in [1.54, 1.807) is 13.8 Å². The number of ether oxygens (including phenoxy) is 1. The van der Waals surface area contributed by atoms with Crippen molar-refractivity contribution in [1.82, 2.24) is 0 Å². The van der Waals surface area contributed by atoms with Crippen molar-refractivity contribution in [2.75, 3.05) is 13.3 Å². The predicted octanol–water partition coefficient (Wildman–Crippen LogP) is 0.921. The Labute approximate surface area is 131 Å². The van der Waals surface area contributed by atoms with Crippen molar-refractivity contribution in [3.8, 4) is 0 Å². The average Bonchev–Trinajstić information content (AvgIpc) is 2.59. The zero-order valence-electron chi connectivity index (χ0n) is 13.3. The van der Waals surface area contributed by atoms with Crippen molar-refractivity contribution in [3.05, 3.63) is 0 Å². The molecule has 0 spiro atoms. The summed E-state index contributed by atoms with van der Waals surface area (Å²) in [5, 5.41) is 0. The minimum Gasteiger partial charge on any atom is -0.379 e. The summed E-state index contributed by atoms with van der Waals surface area (Å²) in [6.07, 6.45) is -1.13. The van der Waals surface area contributed by atoms with E-state index in [1.165, 1.54) is 7.11 Å². The molecule has 22 heavy (non-hydrogen) atoms. The summed E-state index contributed by atoms with van der Waals surface area (Å²) in [6, 6.07) is 0. The van der Waals surface area contributed by atoms with Crippen molar-refractivity contribution in [2.45, 2.75) is 50.8 Å². The van der Waals surface area contributed by atoms with Crippen LogP contribution in [0.3, 0.4) is 0 Å². The van der Waals surface area contributed by atoms with E-state index in [0.717, 1.165) is 0 Å². The molecule has 3 N–H and O–H groups in total. The molecule has 130 valence electrons. The molecule has 11 heteroatoms. The van der Waals surface area contributed by atoms with Gasteiger partial charge < -0.3 is 19.4 Å². The molecule has 1 fully saturated rings. The third-order valence-electron chi connectivity index (χ3n) is 3.69. The molecule has 0 aromatic heterocycles.